The summed E-state index contributed by atoms with van der Waals surface area (Å²) in [5, 5.41) is 0. The lowest BCUT2D eigenvalue weighted by Gasteiger charge is -2.20. The summed E-state index contributed by atoms with van der Waals surface area (Å²) in [6.45, 7) is 3.49. The molecule has 3 rings (SSSR count). The Balaban J connectivity index is 2.24. The van der Waals surface area contributed by atoms with Gasteiger partial charge in [0.05, 0.1) is 5.69 Å². The minimum absolute atomic E-state index is 0.292. The fourth-order valence-corrected chi connectivity index (χ4v) is 2.57. The van der Waals surface area contributed by atoms with E-state index in [1.165, 1.54) is 6.92 Å². The van der Waals surface area contributed by atoms with E-state index >= 15 is 0 Å². The number of esters is 1. The molecule has 3 nitrogen and oxygen atoms in total. The van der Waals surface area contributed by atoms with Gasteiger partial charge in [-0.15, -0.1) is 0 Å². The first-order valence-corrected chi connectivity index (χ1v) is 6.56. The zero-order chi connectivity index (χ0) is 14.1. The zero-order valence-electron chi connectivity index (χ0n) is 11.5. The van der Waals surface area contributed by atoms with E-state index < -0.39 is 6.10 Å². The van der Waals surface area contributed by atoms with Gasteiger partial charge in [0.1, 0.15) is 0 Å². The molecule has 0 aliphatic heterocycles. The number of rotatable bonds is 1. The molecule has 0 spiro atoms. The highest BCUT2D eigenvalue weighted by Gasteiger charge is 2.25. The van der Waals surface area contributed by atoms with Gasteiger partial charge in [-0.05, 0) is 30.2 Å². The van der Waals surface area contributed by atoms with E-state index in [0.29, 0.717) is 0 Å². The Morgan fingerprint density at radius 3 is 2.75 bits per heavy atom. The molecule has 1 unspecified atom stereocenters. The lowest BCUT2D eigenvalue weighted by atomic mass is 9.95. The van der Waals surface area contributed by atoms with Gasteiger partial charge in [-0.3, -0.25) is 9.78 Å². The first-order chi connectivity index (χ1) is 9.66. The number of nitrogens with zero attached hydrogens (tertiary/aromatic N) is 1. The van der Waals surface area contributed by atoms with Crippen molar-refractivity contribution in [3.8, 4) is 0 Å². The number of carbonyl (C=O) groups is 1. The molecule has 100 valence electrons. The molecular formula is C17H15NO2. The van der Waals surface area contributed by atoms with E-state index in [-0.39, 0.29) is 5.97 Å². The van der Waals surface area contributed by atoms with Crippen LogP contribution in [0.4, 0.5) is 0 Å². The van der Waals surface area contributed by atoms with Crippen molar-refractivity contribution in [2.45, 2.75) is 20.0 Å². The van der Waals surface area contributed by atoms with Gasteiger partial charge in [0.15, 0.2) is 6.10 Å². The van der Waals surface area contributed by atoms with Crippen molar-refractivity contribution in [1.29, 1.82) is 0 Å². The number of carbonyl (C=O) groups excluding carboxylic acids is 1. The summed E-state index contributed by atoms with van der Waals surface area (Å²) >= 11 is 0. The third-order valence-corrected chi connectivity index (χ3v) is 3.49. The molecule has 1 atom stereocenters. The highest BCUT2D eigenvalue weighted by atomic mass is 16.5. The van der Waals surface area contributed by atoms with Gasteiger partial charge in [-0.25, -0.2) is 0 Å². The average molecular weight is 265 g/mol. The van der Waals surface area contributed by atoms with Crippen LogP contribution >= 0.6 is 0 Å². The zero-order valence-corrected chi connectivity index (χ0v) is 11.5. The fourth-order valence-electron chi connectivity index (χ4n) is 2.57. The van der Waals surface area contributed by atoms with Crippen LogP contribution in [0, 0.1) is 6.92 Å². The normalized spacial score (nSPS) is 16.0. The molecule has 0 amide bonds. The summed E-state index contributed by atoms with van der Waals surface area (Å²) in [4.78, 5) is 15.8. The van der Waals surface area contributed by atoms with Crippen LogP contribution < -0.4 is 0 Å². The second-order valence-corrected chi connectivity index (χ2v) is 4.88. The van der Waals surface area contributed by atoms with Gasteiger partial charge in [0, 0.05) is 24.2 Å². The number of fused-ring (bicyclic) bond motifs is 2. The number of hydrogen-bond acceptors (Lipinski definition) is 3. The van der Waals surface area contributed by atoms with Crippen LogP contribution in [0.1, 0.15) is 41.0 Å². The predicted molar refractivity (Wildman–Crippen MR) is 78.0 cm³/mol. The summed E-state index contributed by atoms with van der Waals surface area (Å²) in [7, 11) is 0. The number of benzene rings is 1. The molecule has 0 N–H and O–H groups in total. The number of pyridine rings is 1. The Bertz CT molecular complexity index is 704. The monoisotopic (exact) mass is 265 g/mol. The molecule has 1 aliphatic carbocycles. The van der Waals surface area contributed by atoms with Gasteiger partial charge in [-0.2, -0.15) is 0 Å². The van der Waals surface area contributed by atoms with Crippen LogP contribution in [0.5, 0.6) is 0 Å². The largest absolute Gasteiger partial charge is 0.453 e. The van der Waals surface area contributed by atoms with Crippen molar-refractivity contribution < 1.29 is 9.53 Å². The number of aromatic nitrogens is 1. The SMILES string of the molecule is CC(=O)OC1c2cccnc2C=Cc2c(C)cccc21. The third-order valence-electron chi connectivity index (χ3n) is 3.49. The molecule has 1 aromatic heterocycles. The Hall–Kier alpha value is -2.42. The van der Waals surface area contributed by atoms with Gasteiger partial charge in [-0.1, -0.05) is 30.3 Å². The van der Waals surface area contributed by atoms with Crippen molar-refractivity contribution in [2.24, 2.45) is 0 Å². The van der Waals surface area contributed by atoms with E-state index in [9.17, 15) is 4.79 Å². The van der Waals surface area contributed by atoms with Gasteiger partial charge in [0.25, 0.3) is 0 Å². The van der Waals surface area contributed by atoms with Gasteiger partial charge in [0.2, 0.25) is 0 Å². The van der Waals surface area contributed by atoms with Crippen LogP contribution in [0.2, 0.25) is 0 Å². The summed E-state index contributed by atoms with van der Waals surface area (Å²) in [6.07, 6.45) is 5.36. The second-order valence-electron chi connectivity index (χ2n) is 4.88. The standard InChI is InChI=1S/C17H15NO2/c1-11-5-3-6-14-13(11)8-9-16-15(7-4-10-18-16)17(14)20-12(2)19/h3-10,17H,1-2H3. The molecule has 0 radical (unpaired) electrons. The van der Waals surface area contributed by atoms with Gasteiger partial charge < -0.3 is 4.74 Å². The maximum atomic E-state index is 11.5. The highest BCUT2D eigenvalue weighted by molar-refractivity contribution is 5.77. The summed E-state index contributed by atoms with van der Waals surface area (Å²) < 4.78 is 5.56. The molecule has 20 heavy (non-hydrogen) atoms. The molecule has 0 saturated carbocycles. The van der Waals surface area contributed by atoms with E-state index in [0.717, 1.165) is 27.9 Å². The molecule has 1 heterocycles. The van der Waals surface area contributed by atoms with Gasteiger partial charge >= 0.3 is 5.97 Å². The van der Waals surface area contributed by atoms with E-state index in [2.05, 4.69) is 18.0 Å². The maximum Gasteiger partial charge on any atom is 0.303 e. The summed E-state index contributed by atoms with van der Waals surface area (Å²) in [5.41, 5.74) is 5.02. The Morgan fingerprint density at radius 2 is 1.95 bits per heavy atom. The lowest BCUT2D eigenvalue weighted by molar-refractivity contribution is -0.144. The Morgan fingerprint density at radius 1 is 1.15 bits per heavy atom. The fraction of sp³-hybridized carbons (Fsp3) is 0.176. The van der Waals surface area contributed by atoms with Crippen LogP contribution in [0.3, 0.4) is 0 Å². The predicted octanol–water partition coefficient (Wildman–Crippen LogP) is 3.53. The van der Waals surface area contributed by atoms with Crippen LogP contribution in [0.15, 0.2) is 36.5 Å². The van der Waals surface area contributed by atoms with Crippen molar-refractivity contribution in [3.05, 3.63) is 64.5 Å². The van der Waals surface area contributed by atoms with Crippen molar-refractivity contribution >= 4 is 18.1 Å². The molecule has 1 aliphatic rings. The second kappa shape index (κ2) is 4.93. The number of aryl methyl sites for hydroxylation is 1. The van der Waals surface area contributed by atoms with Crippen molar-refractivity contribution in [1.82, 2.24) is 4.98 Å². The first-order valence-electron chi connectivity index (χ1n) is 6.56. The van der Waals surface area contributed by atoms with E-state index in [4.69, 9.17) is 4.74 Å². The number of ether oxygens (including phenoxy) is 1. The lowest BCUT2D eigenvalue weighted by Crippen LogP contribution is -2.12. The summed E-state index contributed by atoms with van der Waals surface area (Å²) in [6, 6.07) is 9.86. The van der Waals surface area contributed by atoms with Crippen LogP contribution in [-0.4, -0.2) is 11.0 Å². The third kappa shape index (κ3) is 2.11. The summed E-state index contributed by atoms with van der Waals surface area (Å²) in [5.74, 6) is -0.292. The molecule has 1 aromatic carbocycles. The molecule has 0 saturated heterocycles. The quantitative estimate of drug-likeness (QED) is 0.740. The molecule has 3 heteroatoms. The molecular weight excluding hydrogens is 250 g/mol. The van der Waals surface area contributed by atoms with E-state index in [1.807, 2.05) is 36.4 Å². The maximum absolute atomic E-state index is 11.5. The van der Waals surface area contributed by atoms with Crippen LogP contribution in [0.25, 0.3) is 12.2 Å². The van der Waals surface area contributed by atoms with E-state index in [1.54, 1.807) is 6.20 Å². The van der Waals surface area contributed by atoms with Crippen molar-refractivity contribution in [3.63, 3.8) is 0 Å². The smallest absolute Gasteiger partial charge is 0.303 e. The Labute approximate surface area is 117 Å². The molecule has 0 fully saturated rings. The van der Waals surface area contributed by atoms with Crippen molar-refractivity contribution in [2.75, 3.05) is 0 Å². The first kappa shape index (κ1) is 12.6. The highest BCUT2D eigenvalue weighted by Crippen LogP contribution is 2.35. The Kier molecular flexibility index (Phi) is 3.11. The topological polar surface area (TPSA) is 39.2 Å². The minimum atomic E-state index is -0.402. The average Bonchev–Trinajstić information content (AvgIpc) is 2.58. The molecule has 0 bridgehead atoms. The van der Waals surface area contributed by atoms with Crippen LogP contribution in [-0.2, 0) is 9.53 Å². The minimum Gasteiger partial charge on any atom is -0.453 e. The number of hydrogen-bond donors (Lipinski definition) is 0. The molecule has 2 aromatic rings.